The predicted octanol–water partition coefficient (Wildman–Crippen LogP) is 4.68. The molecule has 0 saturated heterocycles. The van der Waals surface area contributed by atoms with Gasteiger partial charge >= 0.3 is 0 Å². The summed E-state index contributed by atoms with van der Waals surface area (Å²) in [7, 11) is 0. The van der Waals surface area contributed by atoms with Crippen LogP contribution >= 0.6 is 0 Å². The fourth-order valence-electron chi connectivity index (χ4n) is 4.37. The second kappa shape index (κ2) is 9.82. The lowest BCUT2D eigenvalue weighted by Crippen LogP contribution is -2.27. The first kappa shape index (κ1) is 22.6. The maximum atomic E-state index is 13.3. The van der Waals surface area contributed by atoms with Gasteiger partial charge in [-0.3, -0.25) is 14.4 Å². The monoisotopic (exact) mass is 421 g/mol. The molecule has 0 bridgehead atoms. The second-order valence-electron chi connectivity index (χ2n) is 8.08. The summed E-state index contributed by atoms with van der Waals surface area (Å²) in [5.74, 6) is -2.40. The Kier molecular flexibility index (Phi) is 7.16. The van der Waals surface area contributed by atoms with Crippen LogP contribution in [-0.2, 0) is 27.3 Å². The van der Waals surface area contributed by atoms with Crippen LogP contribution in [-0.4, -0.2) is 17.5 Å². The molecule has 2 aromatic carbocycles. The number of benzene rings is 2. The van der Waals surface area contributed by atoms with Crippen molar-refractivity contribution in [1.82, 2.24) is 5.32 Å². The number of amides is 1. The summed E-state index contributed by atoms with van der Waals surface area (Å²) in [5.41, 5.74) is 4.41. The van der Waals surface area contributed by atoms with Crippen molar-refractivity contribution in [2.45, 2.75) is 52.5 Å². The summed E-state index contributed by atoms with van der Waals surface area (Å²) in [6, 6.07) is 10.0. The fraction of sp³-hybridized carbons (Fsp3) is 0.346. The maximum absolute atomic E-state index is 13.3. The number of hydrogen-bond donors (Lipinski definition) is 1. The molecule has 162 valence electrons. The lowest BCUT2D eigenvalue weighted by molar-refractivity contribution is -0.128. The Balaban J connectivity index is 1.73. The van der Waals surface area contributed by atoms with E-state index in [1.54, 1.807) is 12.1 Å². The molecule has 2 atom stereocenters. The van der Waals surface area contributed by atoms with Crippen LogP contribution in [0.1, 0.15) is 60.4 Å². The molecule has 0 heterocycles. The third-order valence-corrected chi connectivity index (χ3v) is 5.79. The Labute approximate surface area is 182 Å². The molecule has 2 unspecified atom stereocenters. The molecular weight excluding hydrogens is 393 g/mol. The summed E-state index contributed by atoms with van der Waals surface area (Å²) in [6.07, 6.45) is 4.72. The molecule has 1 saturated carbocycles. The summed E-state index contributed by atoms with van der Waals surface area (Å²) < 4.78 is 13.3. The van der Waals surface area contributed by atoms with Crippen molar-refractivity contribution in [2.75, 3.05) is 0 Å². The average molecular weight is 422 g/mol. The minimum atomic E-state index is -0.796. The highest BCUT2D eigenvalue weighted by atomic mass is 19.1. The summed E-state index contributed by atoms with van der Waals surface area (Å²) in [6.45, 7) is 6.07. The summed E-state index contributed by atoms with van der Waals surface area (Å²) >= 11 is 0. The normalized spacial score (nSPS) is 18.7. The number of ketones is 2. The third-order valence-electron chi connectivity index (χ3n) is 5.79. The zero-order valence-electron chi connectivity index (χ0n) is 18.2. The first-order chi connectivity index (χ1) is 14.8. The smallest absolute Gasteiger partial charge is 0.221 e. The van der Waals surface area contributed by atoms with E-state index in [0.29, 0.717) is 5.56 Å². The van der Waals surface area contributed by atoms with E-state index in [9.17, 15) is 18.8 Å². The maximum Gasteiger partial charge on any atom is 0.221 e. The van der Waals surface area contributed by atoms with Crippen molar-refractivity contribution >= 4 is 23.5 Å². The quantitative estimate of drug-likeness (QED) is 0.661. The van der Waals surface area contributed by atoms with Gasteiger partial charge in [0.15, 0.2) is 5.78 Å². The van der Waals surface area contributed by atoms with E-state index in [1.807, 2.05) is 45.1 Å². The lowest BCUT2D eigenvalue weighted by atomic mass is 9.84. The minimum Gasteiger partial charge on any atom is -0.352 e. The van der Waals surface area contributed by atoms with Crippen molar-refractivity contribution in [2.24, 2.45) is 5.92 Å². The number of halogens is 1. The van der Waals surface area contributed by atoms with E-state index in [1.165, 1.54) is 12.1 Å². The van der Waals surface area contributed by atoms with E-state index in [2.05, 4.69) is 5.32 Å². The highest BCUT2D eigenvalue weighted by Crippen LogP contribution is 2.38. The average Bonchev–Trinajstić information content (AvgIpc) is 2.99. The van der Waals surface area contributed by atoms with Gasteiger partial charge in [0.1, 0.15) is 17.5 Å². The summed E-state index contributed by atoms with van der Waals surface area (Å²) in [4.78, 5) is 38.3. The van der Waals surface area contributed by atoms with Crippen LogP contribution in [0.3, 0.4) is 0 Å². The topological polar surface area (TPSA) is 63.2 Å². The molecule has 0 spiro atoms. The van der Waals surface area contributed by atoms with Crippen LogP contribution in [0.25, 0.3) is 6.08 Å². The van der Waals surface area contributed by atoms with Crippen molar-refractivity contribution < 1.29 is 18.8 Å². The fourth-order valence-corrected chi connectivity index (χ4v) is 4.37. The molecule has 1 amide bonds. The molecule has 1 aliphatic carbocycles. The van der Waals surface area contributed by atoms with Gasteiger partial charge < -0.3 is 5.32 Å². The zero-order valence-corrected chi connectivity index (χ0v) is 18.2. The van der Waals surface area contributed by atoms with Crippen molar-refractivity contribution in [3.05, 3.63) is 76.1 Å². The molecule has 0 aliphatic heterocycles. The SMILES string of the molecule is C/C=C/c1cc(C)c(C2C(=O)CC(CC(=O)NCc3cccc(F)c3)C2=O)c(CC)c1. The van der Waals surface area contributed by atoms with Crippen molar-refractivity contribution in [1.29, 1.82) is 0 Å². The molecule has 1 N–H and O–H groups in total. The van der Waals surface area contributed by atoms with E-state index < -0.39 is 11.8 Å². The Morgan fingerprint density at radius 1 is 1.23 bits per heavy atom. The van der Waals surface area contributed by atoms with Gasteiger partial charge in [-0.15, -0.1) is 0 Å². The first-order valence-electron chi connectivity index (χ1n) is 10.7. The Hall–Kier alpha value is -3.08. The molecule has 0 radical (unpaired) electrons. The molecule has 1 fully saturated rings. The van der Waals surface area contributed by atoms with Gasteiger partial charge in [-0.05, 0) is 60.2 Å². The first-order valence-corrected chi connectivity index (χ1v) is 10.7. The van der Waals surface area contributed by atoms with Gasteiger partial charge in [0.25, 0.3) is 0 Å². The van der Waals surface area contributed by atoms with Gasteiger partial charge in [0.05, 0.1) is 0 Å². The third kappa shape index (κ3) is 5.16. The molecule has 2 aromatic rings. The van der Waals surface area contributed by atoms with Crippen LogP contribution in [0.15, 0.2) is 42.5 Å². The highest BCUT2D eigenvalue weighted by Gasteiger charge is 2.44. The molecule has 1 aliphatic rings. The predicted molar refractivity (Wildman–Crippen MR) is 119 cm³/mol. The minimum absolute atomic E-state index is 0.0342. The van der Waals surface area contributed by atoms with E-state index in [4.69, 9.17) is 0 Å². The number of rotatable bonds is 7. The van der Waals surface area contributed by atoms with Crippen LogP contribution in [0.4, 0.5) is 4.39 Å². The molecule has 3 rings (SSSR count). The van der Waals surface area contributed by atoms with Crippen LogP contribution in [0.2, 0.25) is 0 Å². The van der Waals surface area contributed by atoms with Gasteiger partial charge in [0, 0.05) is 25.3 Å². The van der Waals surface area contributed by atoms with Gasteiger partial charge in [-0.1, -0.05) is 43.3 Å². The number of carbonyl (C=O) groups is 3. The number of carbonyl (C=O) groups excluding carboxylic acids is 3. The molecule has 5 heteroatoms. The van der Waals surface area contributed by atoms with Crippen LogP contribution in [0, 0.1) is 18.7 Å². The van der Waals surface area contributed by atoms with Crippen molar-refractivity contribution in [3.63, 3.8) is 0 Å². The zero-order chi connectivity index (χ0) is 22.5. The Morgan fingerprint density at radius 2 is 2.00 bits per heavy atom. The Morgan fingerprint density at radius 3 is 2.68 bits per heavy atom. The molecule has 31 heavy (non-hydrogen) atoms. The highest BCUT2D eigenvalue weighted by molar-refractivity contribution is 6.15. The van der Waals surface area contributed by atoms with Crippen LogP contribution in [0.5, 0.6) is 0 Å². The lowest BCUT2D eigenvalue weighted by Gasteiger charge is -2.18. The standard InChI is InChI=1S/C26H28FNO3/c1-4-7-17-10-16(3)24(19(5-2)11-17)25-22(29)13-20(26(25)31)14-23(30)28-15-18-8-6-9-21(27)12-18/h4,6-12,20,25H,5,13-15H2,1-3H3,(H,28,30)/b7-4+. The van der Waals surface area contributed by atoms with E-state index >= 15 is 0 Å². The number of allylic oxidation sites excluding steroid dienone is 1. The van der Waals surface area contributed by atoms with E-state index in [-0.39, 0.29) is 42.7 Å². The number of hydrogen-bond acceptors (Lipinski definition) is 3. The van der Waals surface area contributed by atoms with E-state index in [0.717, 1.165) is 28.7 Å². The summed E-state index contributed by atoms with van der Waals surface area (Å²) in [5, 5.41) is 2.72. The molecule has 4 nitrogen and oxygen atoms in total. The molecule has 0 aromatic heterocycles. The second-order valence-corrected chi connectivity index (χ2v) is 8.08. The number of aryl methyl sites for hydroxylation is 2. The number of nitrogens with one attached hydrogen (secondary N) is 1. The van der Waals surface area contributed by atoms with Gasteiger partial charge in [0.2, 0.25) is 5.91 Å². The number of Topliss-reactive ketones (excluding diaryl/α,β-unsaturated/α-hetero) is 2. The Bertz CT molecular complexity index is 1040. The largest absolute Gasteiger partial charge is 0.352 e. The van der Waals surface area contributed by atoms with Crippen molar-refractivity contribution in [3.8, 4) is 0 Å². The van der Waals surface area contributed by atoms with Gasteiger partial charge in [-0.25, -0.2) is 4.39 Å². The van der Waals surface area contributed by atoms with Gasteiger partial charge in [-0.2, -0.15) is 0 Å². The van der Waals surface area contributed by atoms with Crippen LogP contribution < -0.4 is 5.32 Å². The molecular formula is C26H28FNO3.